The first-order valence-corrected chi connectivity index (χ1v) is 10.8. The van der Waals surface area contributed by atoms with E-state index in [9.17, 15) is 23.1 Å². The summed E-state index contributed by atoms with van der Waals surface area (Å²) in [6.07, 6.45) is 0.344. The quantitative estimate of drug-likeness (QED) is 0.561. The van der Waals surface area contributed by atoms with E-state index in [0.29, 0.717) is 23.3 Å². The zero-order valence-electron chi connectivity index (χ0n) is 17.8. The van der Waals surface area contributed by atoms with Gasteiger partial charge in [0.15, 0.2) is 18.1 Å². The topological polar surface area (TPSA) is 122 Å². The fourth-order valence-corrected chi connectivity index (χ4v) is 3.85. The Hall–Kier alpha value is -3.11. The van der Waals surface area contributed by atoms with Crippen molar-refractivity contribution in [3.63, 3.8) is 0 Å². The standard InChI is InChI=1S/C21H26N2O7S/c1-14-5-8-16(12-19(14)31(27,28)23(2)3)22-20(25)13-30-21(26)10-7-15-6-9-18(29-4)17(24)11-15/h5-6,8-9,11-12,24H,7,10,13H2,1-4H3,(H,22,25). The van der Waals surface area contributed by atoms with Crippen molar-refractivity contribution in [3.8, 4) is 11.5 Å². The van der Waals surface area contributed by atoms with Gasteiger partial charge in [0.2, 0.25) is 10.0 Å². The van der Waals surface area contributed by atoms with Crippen LogP contribution in [0.2, 0.25) is 0 Å². The van der Waals surface area contributed by atoms with Crippen LogP contribution in [-0.4, -0.2) is 57.5 Å². The summed E-state index contributed by atoms with van der Waals surface area (Å²) in [5.41, 5.74) is 1.54. The number of amides is 1. The van der Waals surface area contributed by atoms with Crippen LogP contribution in [0.5, 0.6) is 11.5 Å². The van der Waals surface area contributed by atoms with Crippen LogP contribution in [0.4, 0.5) is 5.69 Å². The number of esters is 1. The van der Waals surface area contributed by atoms with Gasteiger partial charge in [0, 0.05) is 26.2 Å². The van der Waals surface area contributed by atoms with E-state index in [2.05, 4.69) is 5.32 Å². The summed E-state index contributed by atoms with van der Waals surface area (Å²) in [7, 11) is 0.625. The van der Waals surface area contributed by atoms with E-state index in [1.165, 1.54) is 33.3 Å². The lowest BCUT2D eigenvalue weighted by Gasteiger charge is -2.15. The maximum Gasteiger partial charge on any atom is 0.306 e. The van der Waals surface area contributed by atoms with Gasteiger partial charge in [-0.25, -0.2) is 12.7 Å². The number of ether oxygens (including phenoxy) is 2. The lowest BCUT2D eigenvalue weighted by molar-refractivity contribution is -0.147. The minimum atomic E-state index is -3.66. The molecule has 0 saturated heterocycles. The van der Waals surface area contributed by atoms with Gasteiger partial charge < -0.3 is 19.9 Å². The van der Waals surface area contributed by atoms with Crippen LogP contribution in [-0.2, 0) is 30.8 Å². The molecule has 0 heterocycles. The summed E-state index contributed by atoms with van der Waals surface area (Å²) in [6.45, 7) is 1.16. The maximum absolute atomic E-state index is 12.4. The number of anilines is 1. The number of phenols is 1. The predicted octanol–water partition coefficient (Wildman–Crippen LogP) is 2.07. The van der Waals surface area contributed by atoms with Gasteiger partial charge in [0.1, 0.15) is 0 Å². The molecule has 31 heavy (non-hydrogen) atoms. The Morgan fingerprint density at radius 1 is 1.13 bits per heavy atom. The van der Waals surface area contributed by atoms with Crippen molar-refractivity contribution < 1.29 is 32.6 Å². The van der Waals surface area contributed by atoms with E-state index in [4.69, 9.17) is 9.47 Å². The van der Waals surface area contributed by atoms with E-state index >= 15 is 0 Å². The number of aryl methyl sites for hydroxylation is 2. The Morgan fingerprint density at radius 3 is 2.45 bits per heavy atom. The van der Waals surface area contributed by atoms with Gasteiger partial charge in [-0.05, 0) is 48.7 Å². The van der Waals surface area contributed by atoms with Gasteiger partial charge in [0.05, 0.1) is 12.0 Å². The Morgan fingerprint density at radius 2 is 1.84 bits per heavy atom. The number of rotatable bonds is 9. The number of hydrogen-bond acceptors (Lipinski definition) is 7. The summed E-state index contributed by atoms with van der Waals surface area (Å²) in [6, 6.07) is 9.32. The number of carbonyl (C=O) groups is 2. The second-order valence-electron chi connectivity index (χ2n) is 6.98. The van der Waals surface area contributed by atoms with Crippen molar-refractivity contribution in [2.24, 2.45) is 0 Å². The number of methoxy groups -OCH3 is 1. The van der Waals surface area contributed by atoms with E-state index in [0.717, 1.165) is 4.31 Å². The van der Waals surface area contributed by atoms with Gasteiger partial charge >= 0.3 is 5.97 Å². The zero-order valence-corrected chi connectivity index (χ0v) is 18.7. The average molecular weight is 451 g/mol. The minimum absolute atomic E-state index is 0.0226. The normalized spacial score (nSPS) is 11.3. The molecule has 0 aliphatic rings. The molecule has 0 spiro atoms. The van der Waals surface area contributed by atoms with Crippen LogP contribution in [0.15, 0.2) is 41.3 Å². The van der Waals surface area contributed by atoms with Crippen LogP contribution in [0, 0.1) is 6.92 Å². The molecular weight excluding hydrogens is 424 g/mol. The number of sulfonamides is 1. The Labute approximate surface area is 181 Å². The van der Waals surface area contributed by atoms with Crippen molar-refractivity contribution in [1.29, 1.82) is 0 Å². The Balaban J connectivity index is 1.89. The molecule has 0 aliphatic heterocycles. The number of benzene rings is 2. The molecule has 2 aromatic carbocycles. The fraction of sp³-hybridized carbons (Fsp3) is 0.333. The molecule has 2 N–H and O–H groups in total. The minimum Gasteiger partial charge on any atom is -0.504 e. The fourth-order valence-electron chi connectivity index (χ4n) is 2.71. The van der Waals surface area contributed by atoms with Crippen molar-refractivity contribution in [1.82, 2.24) is 4.31 Å². The molecule has 0 radical (unpaired) electrons. The SMILES string of the molecule is COc1ccc(CCC(=O)OCC(=O)Nc2ccc(C)c(S(=O)(=O)N(C)C)c2)cc1O. The van der Waals surface area contributed by atoms with Gasteiger partial charge in [-0.15, -0.1) is 0 Å². The van der Waals surface area contributed by atoms with Crippen LogP contribution in [0.3, 0.4) is 0 Å². The second kappa shape index (κ2) is 10.3. The maximum atomic E-state index is 12.4. The average Bonchev–Trinajstić information content (AvgIpc) is 2.72. The lowest BCUT2D eigenvalue weighted by Crippen LogP contribution is -2.24. The number of carbonyl (C=O) groups excluding carboxylic acids is 2. The largest absolute Gasteiger partial charge is 0.504 e. The highest BCUT2D eigenvalue weighted by Gasteiger charge is 2.20. The first kappa shape index (κ1) is 24.2. The number of phenolic OH excluding ortho intramolecular Hbond substituents is 1. The highest BCUT2D eigenvalue weighted by Crippen LogP contribution is 2.26. The van der Waals surface area contributed by atoms with Crippen LogP contribution < -0.4 is 10.1 Å². The van der Waals surface area contributed by atoms with Gasteiger partial charge in [-0.3, -0.25) is 9.59 Å². The van der Waals surface area contributed by atoms with Crippen LogP contribution in [0.1, 0.15) is 17.5 Å². The van der Waals surface area contributed by atoms with Gasteiger partial charge in [0.25, 0.3) is 5.91 Å². The van der Waals surface area contributed by atoms with E-state index < -0.39 is 28.5 Å². The molecule has 9 nitrogen and oxygen atoms in total. The molecule has 0 saturated carbocycles. The third kappa shape index (κ3) is 6.43. The molecule has 0 bridgehead atoms. The van der Waals surface area contributed by atoms with E-state index in [1.807, 2.05) is 0 Å². The number of aromatic hydroxyl groups is 1. The first-order chi connectivity index (χ1) is 14.5. The van der Waals surface area contributed by atoms with Crippen LogP contribution >= 0.6 is 0 Å². The Bertz CT molecular complexity index is 1070. The summed E-state index contributed by atoms with van der Waals surface area (Å²) in [5, 5.41) is 12.3. The number of nitrogens with one attached hydrogen (secondary N) is 1. The summed E-state index contributed by atoms with van der Waals surface area (Å²) >= 11 is 0. The molecule has 0 aliphatic carbocycles. The third-order valence-electron chi connectivity index (χ3n) is 4.46. The van der Waals surface area contributed by atoms with E-state index in [1.54, 1.807) is 31.2 Å². The molecule has 0 unspecified atom stereocenters. The monoisotopic (exact) mass is 450 g/mol. The highest BCUT2D eigenvalue weighted by atomic mass is 32.2. The third-order valence-corrected chi connectivity index (χ3v) is 6.41. The van der Waals surface area contributed by atoms with Gasteiger partial charge in [-0.2, -0.15) is 0 Å². The molecule has 10 heteroatoms. The molecule has 2 rings (SSSR count). The van der Waals surface area contributed by atoms with Crippen molar-refractivity contribution >= 4 is 27.6 Å². The zero-order chi connectivity index (χ0) is 23.2. The van der Waals surface area contributed by atoms with Crippen molar-refractivity contribution in [2.45, 2.75) is 24.7 Å². The smallest absolute Gasteiger partial charge is 0.306 e. The van der Waals surface area contributed by atoms with Crippen LogP contribution in [0.25, 0.3) is 0 Å². The molecule has 0 atom stereocenters. The Kier molecular flexibility index (Phi) is 8.01. The predicted molar refractivity (Wildman–Crippen MR) is 115 cm³/mol. The number of hydrogen-bond donors (Lipinski definition) is 2. The van der Waals surface area contributed by atoms with Gasteiger partial charge in [-0.1, -0.05) is 12.1 Å². The summed E-state index contributed by atoms with van der Waals surface area (Å²) in [5.74, 6) is -0.861. The summed E-state index contributed by atoms with van der Waals surface area (Å²) in [4.78, 5) is 24.1. The number of nitrogens with zero attached hydrogens (tertiary/aromatic N) is 1. The van der Waals surface area contributed by atoms with E-state index in [-0.39, 0.29) is 22.8 Å². The second-order valence-corrected chi connectivity index (χ2v) is 9.10. The molecule has 168 valence electrons. The van der Waals surface area contributed by atoms with Crippen molar-refractivity contribution in [3.05, 3.63) is 47.5 Å². The molecule has 1 amide bonds. The molecule has 2 aromatic rings. The highest BCUT2D eigenvalue weighted by molar-refractivity contribution is 7.89. The first-order valence-electron chi connectivity index (χ1n) is 9.39. The molecule has 0 fully saturated rings. The van der Waals surface area contributed by atoms with Crippen molar-refractivity contribution in [2.75, 3.05) is 33.1 Å². The lowest BCUT2D eigenvalue weighted by atomic mass is 10.1. The molecular formula is C21H26N2O7S. The molecule has 0 aromatic heterocycles. The summed E-state index contributed by atoms with van der Waals surface area (Å²) < 4.78 is 35.8.